The zero-order chi connectivity index (χ0) is 26.8. The number of ether oxygens (including phenoxy) is 2. The topological polar surface area (TPSA) is 68.2 Å². The maximum absolute atomic E-state index is 13.5. The van der Waals surface area contributed by atoms with Gasteiger partial charge >= 0.3 is 0 Å². The smallest absolute Gasteiger partial charge is 0.255 e. The van der Waals surface area contributed by atoms with E-state index in [1.54, 1.807) is 19.1 Å². The fourth-order valence-electron chi connectivity index (χ4n) is 4.69. The molecule has 1 aliphatic heterocycles. The van der Waals surface area contributed by atoms with Gasteiger partial charge in [0.25, 0.3) is 5.91 Å². The first-order chi connectivity index (χ1) is 18.4. The van der Waals surface area contributed by atoms with Crippen LogP contribution in [0.3, 0.4) is 0 Å². The molecule has 4 aromatic carbocycles. The number of carbonyl (C=O) groups excluding carboxylic acids is 2. The summed E-state index contributed by atoms with van der Waals surface area (Å²) in [5.41, 5.74) is 1.82. The Bertz CT molecular complexity index is 1560. The normalized spacial score (nSPS) is 16.1. The molecule has 2 atom stereocenters. The molecule has 1 fully saturated rings. The van der Waals surface area contributed by atoms with Gasteiger partial charge in [-0.1, -0.05) is 60.3 Å². The van der Waals surface area contributed by atoms with Crippen molar-refractivity contribution in [2.75, 3.05) is 26.5 Å². The van der Waals surface area contributed by atoms with E-state index < -0.39 is 5.92 Å². The Kier molecular flexibility index (Phi) is 7.38. The quantitative estimate of drug-likeness (QED) is 0.292. The average molecular weight is 527 g/mol. The fourth-order valence-corrected chi connectivity index (χ4v) is 5.63. The number of rotatable bonds is 6. The number of benzene rings is 4. The molecule has 0 aromatic heterocycles. The Morgan fingerprint density at radius 2 is 1.26 bits per heavy atom. The number of aliphatic imine (C=N–C) groups is 1. The van der Waals surface area contributed by atoms with Crippen molar-refractivity contribution in [2.45, 2.75) is 25.7 Å². The van der Waals surface area contributed by atoms with Crippen LogP contribution in [0.4, 0.5) is 0 Å². The summed E-state index contributed by atoms with van der Waals surface area (Å²) < 4.78 is 10.6. The SMILES string of the molecule is COc1ccc2cc([C@H](C)C(=O)/N=C3\SCCN3C(=O)[C@@H](C)c3ccc4cc(OC)ccc4c3)ccc2c1. The standard InChI is InChI=1S/C31H30N2O4S/c1-19(21-5-7-25-17-27(36-3)11-9-23(25)15-21)29(34)32-31-33(13-14-38-31)30(35)20(2)22-6-8-26-18-28(37-4)12-10-24(26)16-22/h5-12,15-20H,13-14H2,1-4H3/b32-31-/t19-,20-/m0/s1. The van der Waals surface area contributed by atoms with Crippen LogP contribution in [0.25, 0.3) is 21.5 Å². The van der Waals surface area contributed by atoms with Gasteiger partial charge in [0.15, 0.2) is 5.17 Å². The summed E-state index contributed by atoms with van der Waals surface area (Å²) >= 11 is 1.45. The van der Waals surface area contributed by atoms with E-state index in [-0.39, 0.29) is 17.7 Å². The average Bonchev–Trinajstić information content (AvgIpc) is 3.42. The first-order valence-electron chi connectivity index (χ1n) is 12.6. The minimum absolute atomic E-state index is 0.0540. The summed E-state index contributed by atoms with van der Waals surface area (Å²) in [7, 11) is 3.29. The summed E-state index contributed by atoms with van der Waals surface area (Å²) in [6.07, 6.45) is 0. The van der Waals surface area contributed by atoms with Crippen LogP contribution in [0.1, 0.15) is 36.8 Å². The number of amidine groups is 1. The molecular weight excluding hydrogens is 496 g/mol. The van der Waals surface area contributed by atoms with Crippen molar-refractivity contribution in [2.24, 2.45) is 4.99 Å². The number of thioether (sulfide) groups is 1. The Hall–Kier alpha value is -3.84. The summed E-state index contributed by atoms with van der Waals surface area (Å²) in [6, 6.07) is 23.7. The lowest BCUT2D eigenvalue weighted by Crippen LogP contribution is -2.35. The van der Waals surface area contributed by atoms with E-state index in [9.17, 15) is 9.59 Å². The van der Waals surface area contributed by atoms with E-state index in [2.05, 4.69) is 4.99 Å². The monoisotopic (exact) mass is 526 g/mol. The van der Waals surface area contributed by atoms with Crippen molar-refractivity contribution in [3.63, 3.8) is 0 Å². The number of hydrogen-bond donors (Lipinski definition) is 0. The van der Waals surface area contributed by atoms with E-state index >= 15 is 0 Å². The molecule has 0 spiro atoms. The highest BCUT2D eigenvalue weighted by Crippen LogP contribution is 2.30. The molecule has 38 heavy (non-hydrogen) atoms. The minimum atomic E-state index is -0.429. The Balaban J connectivity index is 1.33. The number of hydrogen-bond acceptors (Lipinski definition) is 5. The molecule has 0 aliphatic carbocycles. The van der Waals surface area contributed by atoms with Crippen LogP contribution >= 0.6 is 11.8 Å². The molecule has 0 saturated carbocycles. The molecule has 2 amide bonds. The van der Waals surface area contributed by atoms with Gasteiger partial charge in [0.05, 0.1) is 26.1 Å². The molecule has 4 aromatic rings. The van der Waals surface area contributed by atoms with E-state index in [4.69, 9.17) is 9.47 Å². The highest BCUT2D eigenvalue weighted by molar-refractivity contribution is 8.14. The first kappa shape index (κ1) is 25.8. The van der Waals surface area contributed by atoms with E-state index in [1.165, 1.54) is 11.8 Å². The van der Waals surface area contributed by atoms with Gasteiger partial charge in [-0.3, -0.25) is 14.5 Å². The molecule has 194 valence electrons. The van der Waals surface area contributed by atoms with Crippen LogP contribution < -0.4 is 9.47 Å². The Morgan fingerprint density at radius 1 is 0.763 bits per heavy atom. The number of fused-ring (bicyclic) bond motifs is 2. The predicted octanol–water partition coefficient (Wildman–Crippen LogP) is 6.38. The molecular formula is C31H30N2O4S. The summed E-state index contributed by atoms with van der Waals surface area (Å²) in [6.45, 7) is 4.30. The third kappa shape index (κ3) is 5.11. The van der Waals surface area contributed by atoms with Gasteiger partial charge in [0.1, 0.15) is 11.5 Å². The first-order valence-corrected chi connectivity index (χ1v) is 13.6. The molecule has 5 rings (SSSR count). The summed E-state index contributed by atoms with van der Waals surface area (Å²) in [5.74, 6) is 1.20. The van der Waals surface area contributed by atoms with Crippen LogP contribution in [0, 0.1) is 0 Å². The van der Waals surface area contributed by atoms with E-state index in [0.717, 1.165) is 44.2 Å². The zero-order valence-electron chi connectivity index (χ0n) is 21.9. The lowest BCUT2D eigenvalue weighted by Gasteiger charge is -2.21. The molecule has 0 unspecified atom stereocenters. The van der Waals surface area contributed by atoms with Crippen LogP contribution in [-0.4, -0.2) is 48.4 Å². The van der Waals surface area contributed by atoms with Crippen LogP contribution in [0.5, 0.6) is 11.5 Å². The van der Waals surface area contributed by atoms with Crippen LogP contribution in [0.15, 0.2) is 77.8 Å². The van der Waals surface area contributed by atoms with Crippen molar-refractivity contribution in [1.82, 2.24) is 4.90 Å². The second-order valence-electron chi connectivity index (χ2n) is 9.46. The molecule has 7 heteroatoms. The Labute approximate surface area is 226 Å². The van der Waals surface area contributed by atoms with Gasteiger partial charge in [-0.05, 0) is 70.8 Å². The van der Waals surface area contributed by atoms with Crippen molar-refractivity contribution >= 4 is 50.3 Å². The fraction of sp³-hybridized carbons (Fsp3) is 0.258. The van der Waals surface area contributed by atoms with E-state index in [1.807, 2.05) is 86.6 Å². The number of nitrogens with zero attached hydrogens (tertiary/aromatic N) is 2. The Morgan fingerprint density at radius 3 is 1.82 bits per heavy atom. The molecule has 0 N–H and O–H groups in total. The third-order valence-corrected chi connectivity index (χ3v) is 8.09. The summed E-state index contributed by atoms with van der Waals surface area (Å²) in [4.78, 5) is 32.8. The molecule has 6 nitrogen and oxygen atoms in total. The zero-order valence-corrected chi connectivity index (χ0v) is 22.7. The van der Waals surface area contributed by atoms with Gasteiger partial charge < -0.3 is 9.47 Å². The molecule has 0 bridgehead atoms. The number of methoxy groups -OCH3 is 2. The number of carbonyl (C=O) groups is 2. The molecule has 0 radical (unpaired) electrons. The lowest BCUT2D eigenvalue weighted by atomic mass is 9.96. The molecule has 1 heterocycles. The van der Waals surface area contributed by atoms with Crippen molar-refractivity contribution in [3.05, 3.63) is 83.9 Å². The van der Waals surface area contributed by atoms with Gasteiger partial charge in [-0.15, -0.1) is 0 Å². The molecule has 1 saturated heterocycles. The van der Waals surface area contributed by atoms with Crippen LogP contribution in [0.2, 0.25) is 0 Å². The van der Waals surface area contributed by atoms with Gasteiger partial charge in [0.2, 0.25) is 5.91 Å². The van der Waals surface area contributed by atoms with Gasteiger partial charge in [-0.2, -0.15) is 4.99 Å². The highest BCUT2D eigenvalue weighted by atomic mass is 32.2. The largest absolute Gasteiger partial charge is 0.497 e. The van der Waals surface area contributed by atoms with E-state index in [0.29, 0.717) is 17.5 Å². The summed E-state index contributed by atoms with van der Waals surface area (Å²) in [5, 5.41) is 4.66. The minimum Gasteiger partial charge on any atom is -0.497 e. The van der Waals surface area contributed by atoms with Crippen molar-refractivity contribution in [3.8, 4) is 11.5 Å². The van der Waals surface area contributed by atoms with Gasteiger partial charge in [0, 0.05) is 12.3 Å². The van der Waals surface area contributed by atoms with Crippen molar-refractivity contribution < 1.29 is 19.1 Å². The lowest BCUT2D eigenvalue weighted by molar-refractivity contribution is -0.128. The second-order valence-corrected chi connectivity index (χ2v) is 10.5. The number of amides is 2. The molecule has 1 aliphatic rings. The maximum Gasteiger partial charge on any atom is 0.255 e. The highest BCUT2D eigenvalue weighted by Gasteiger charge is 2.31. The predicted molar refractivity (Wildman–Crippen MR) is 154 cm³/mol. The van der Waals surface area contributed by atoms with Crippen molar-refractivity contribution in [1.29, 1.82) is 0 Å². The second kappa shape index (κ2) is 10.9. The van der Waals surface area contributed by atoms with Crippen LogP contribution in [-0.2, 0) is 9.59 Å². The maximum atomic E-state index is 13.5. The third-order valence-electron chi connectivity index (χ3n) is 7.13. The van der Waals surface area contributed by atoms with Gasteiger partial charge in [-0.25, -0.2) is 0 Å².